The van der Waals surface area contributed by atoms with Gasteiger partial charge in [0.2, 0.25) is 10.0 Å². The summed E-state index contributed by atoms with van der Waals surface area (Å²) in [5.74, 6) is 0.226. The van der Waals surface area contributed by atoms with E-state index in [0.29, 0.717) is 30.7 Å². The maximum Gasteiger partial charge on any atom is 0.236 e. The molecule has 3 rings (SSSR count). The first kappa shape index (κ1) is 14.3. The number of halogens is 1. The van der Waals surface area contributed by atoms with Gasteiger partial charge in [0.05, 0.1) is 11.3 Å². The van der Waals surface area contributed by atoms with Gasteiger partial charge >= 0.3 is 0 Å². The van der Waals surface area contributed by atoms with Gasteiger partial charge in [-0.3, -0.25) is 4.31 Å². The molecule has 2 aromatic rings. The quantitative estimate of drug-likeness (QED) is 0.872. The molecular formula is C15H17FN2O2S. The highest BCUT2D eigenvalue weighted by Crippen LogP contribution is 2.31. The average Bonchev–Trinajstić information content (AvgIpc) is 2.86. The standard InChI is InChI=1S/C15H17FN2O2S/c1-2-3-8-21(19,20)18-7-6-12-9-11-4-5-13(16)10-14(11)17-15(12)18/h4-5,9-10H,2-3,6-8H2,1H3. The summed E-state index contributed by atoms with van der Waals surface area (Å²) in [6, 6.07) is 6.31. The van der Waals surface area contributed by atoms with Crippen LogP contribution in [0.4, 0.5) is 10.2 Å². The van der Waals surface area contributed by atoms with Crippen LogP contribution in [0.25, 0.3) is 10.9 Å². The second-order valence-electron chi connectivity index (χ2n) is 5.30. The van der Waals surface area contributed by atoms with E-state index >= 15 is 0 Å². The smallest absolute Gasteiger partial charge is 0.236 e. The normalized spacial score (nSPS) is 14.7. The minimum Gasteiger partial charge on any atom is -0.253 e. The van der Waals surface area contributed by atoms with Crippen LogP contribution in [0.15, 0.2) is 24.3 Å². The fraction of sp³-hybridized carbons (Fsp3) is 0.400. The summed E-state index contributed by atoms with van der Waals surface area (Å²) in [4.78, 5) is 4.38. The molecular weight excluding hydrogens is 291 g/mol. The number of sulfonamides is 1. The number of hydrogen-bond acceptors (Lipinski definition) is 3. The van der Waals surface area contributed by atoms with E-state index < -0.39 is 10.0 Å². The first-order chi connectivity index (χ1) is 10.0. The van der Waals surface area contributed by atoms with E-state index in [4.69, 9.17) is 0 Å². The minimum absolute atomic E-state index is 0.131. The average molecular weight is 308 g/mol. The molecule has 0 bridgehead atoms. The van der Waals surface area contributed by atoms with Gasteiger partial charge in [-0.2, -0.15) is 0 Å². The van der Waals surface area contributed by atoms with Crippen LogP contribution in [0.3, 0.4) is 0 Å². The number of benzene rings is 1. The summed E-state index contributed by atoms with van der Waals surface area (Å²) in [6.45, 7) is 2.38. The number of aromatic nitrogens is 1. The first-order valence-corrected chi connectivity index (χ1v) is 8.72. The van der Waals surface area contributed by atoms with E-state index in [1.807, 2.05) is 13.0 Å². The molecule has 0 amide bonds. The third-order valence-corrected chi connectivity index (χ3v) is 5.58. The lowest BCUT2D eigenvalue weighted by Crippen LogP contribution is -2.31. The second kappa shape index (κ2) is 5.26. The first-order valence-electron chi connectivity index (χ1n) is 7.11. The van der Waals surface area contributed by atoms with E-state index in [1.54, 1.807) is 6.07 Å². The lowest BCUT2D eigenvalue weighted by molar-refractivity contribution is 0.588. The van der Waals surface area contributed by atoms with Crippen molar-refractivity contribution in [3.05, 3.63) is 35.6 Å². The van der Waals surface area contributed by atoms with E-state index in [-0.39, 0.29) is 11.6 Å². The minimum atomic E-state index is -3.34. The molecule has 1 aromatic heterocycles. The van der Waals surface area contributed by atoms with Crippen LogP contribution in [0.1, 0.15) is 25.3 Å². The van der Waals surface area contributed by atoms with Crippen molar-refractivity contribution in [3.8, 4) is 0 Å². The summed E-state index contributed by atoms with van der Waals surface area (Å²) in [5.41, 5.74) is 1.40. The molecule has 0 N–H and O–H groups in total. The van der Waals surface area contributed by atoms with Gasteiger partial charge in [-0.1, -0.05) is 13.3 Å². The van der Waals surface area contributed by atoms with Gasteiger partial charge in [0, 0.05) is 18.0 Å². The SMILES string of the molecule is CCCCS(=O)(=O)N1CCc2cc3ccc(F)cc3nc21. The lowest BCUT2D eigenvalue weighted by atomic mass is 10.1. The predicted molar refractivity (Wildman–Crippen MR) is 81.4 cm³/mol. The largest absolute Gasteiger partial charge is 0.253 e. The molecule has 0 aliphatic carbocycles. The molecule has 0 unspecified atom stereocenters. The Morgan fingerprint density at radius 3 is 2.90 bits per heavy atom. The summed E-state index contributed by atoms with van der Waals surface area (Å²) >= 11 is 0. The Kier molecular flexibility index (Phi) is 3.57. The Balaban J connectivity index is 2.05. The fourth-order valence-electron chi connectivity index (χ4n) is 2.61. The molecule has 4 nitrogen and oxygen atoms in total. The van der Waals surface area contributed by atoms with Gasteiger partial charge in [-0.05, 0) is 36.6 Å². The molecule has 6 heteroatoms. The Morgan fingerprint density at radius 1 is 1.33 bits per heavy atom. The molecule has 0 atom stereocenters. The van der Waals surface area contributed by atoms with Crippen LogP contribution in [-0.4, -0.2) is 25.7 Å². The van der Waals surface area contributed by atoms with Crippen molar-refractivity contribution >= 4 is 26.7 Å². The highest BCUT2D eigenvalue weighted by atomic mass is 32.2. The van der Waals surface area contributed by atoms with Crippen molar-refractivity contribution in [1.29, 1.82) is 0 Å². The third-order valence-electron chi connectivity index (χ3n) is 3.75. The van der Waals surface area contributed by atoms with Gasteiger partial charge in [-0.15, -0.1) is 0 Å². The number of fused-ring (bicyclic) bond motifs is 2. The summed E-state index contributed by atoms with van der Waals surface area (Å²) in [7, 11) is -3.34. The highest BCUT2D eigenvalue weighted by Gasteiger charge is 2.30. The summed E-state index contributed by atoms with van der Waals surface area (Å²) in [5, 5.41) is 0.836. The monoisotopic (exact) mass is 308 g/mol. The van der Waals surface area contributed by atoms with Crippen molar-refractivity contribution in [2.75, 3.05) is 16.6 Å². The van der Waals surface area contributed by atoms with Crippen LogP contribution in [0.2, 0.25) is 0 Å². The van der Waals surface area contributed by atoms with Crippen molar-refractivity contribution in [3.63, 3.8) is 0 Å². The Bertz CT molecular complexity index is 790. The molecule has 0 radical (unpaired) electrons. The number of hydrogen-bond donors (Lipinski definition) is 0. The molecule has 2 heterocycles. The molecule has 21 heavy (non-hydrogen) atoms. The fourth-order valence-corrected chi connectivity index (χ4v) is 4.27. The van der Waals surface area contributed by atoms with Crippen LogP contribution in [0, 0.1) is 5.82 Å². The van der Waals surface area contributed by atoms with Gasteiger partial charge < -0.3 is 0 Å². The molecule has 1 aliphatic heterocycles. The molecule has 1 aromatic carbocycles. The topological polar surface area (TPSA) is 50.3 Å². The summed E-state index contributed by atoms with van der Waals surface area (Å²) in [6.07, 6.45) is 2.12. The van der Waals surface area contributed by atoms with Crippen LogP contribution < -0.4 is 4.31 Å². The highest BCUT2D eigenvalue weighted by molar-refractivity contribution is 7.92. The van der Waals surface area contributed by atoms with Crippen molar-refractivity contribution in [2.45, 2.75) is 26.2 Å². The van der Waals surface area contributed by atoms with E-state index in [1.165, 1.54) is 16.4 Å². The molecule has 0 saturated carbocycles. The number of anilines is 1. The lowest BCUT2D eigenvalue weighted by Gasteiger charge is -2.18. The Morgan fingerprint density at radius 2 is 2.14 bits per heavy atom. The second-order valence-corrected chi connectivity index (χ2v) is 7.31. The number of nitrogens with zero attached hydrogens (tertiary/aromatic N) is 2. The van der Waals surface area contributed by atoms with Crippen LogP contribution in [0.5, 0.6) is 0 Å². The zero-order chi connectivity index (χ0) is 15.0. The van der Waals surface area contributed by atoms with Crippen molar-refractivity contribution < 1.29 is 12.8 Å². The molecule has 0 saturated heterocycles. The zero-order valence-electron chi connectivity index (χ0n) is 11.8. The van der Waals surface area contributed by atoms with Gasteiger partial charge in [0.1, 0.15) is 11.6 Å². The maximum atomic E-state index is 13.3. The van der Waals surface area contributed by atoms with Gasteiger partial charge in [0.25, 0.3) is 0 Å². The van der Waals surface area contributed by atoms with Crippen molar-refractivity contribution in [2.24, 2.45) is 0 Å². The Hall–Kier alpha value is -1.69. The summed E-state index contributed by atoms with van der Waals surface area (Å²) < 4.78 is 39.4. The predicted octanol–water partition coefficient (Wildman–Crippen LogP) is 2.87. The number of pyridine rings is 1. The van der Waals surface area contributed by atoms with E-state index in [0.717, 1.165) is 17.4 Å². The van der Waals surface area contributed by atoms with Crippen LogP contribution in [-0.2, 0) is 16.4 Å². The van der Waals surface area contributed by atoms with Crippen LogP contribution >= 0.6 is 0 Å². The molecule has 112 valence electrons. The Labute approximate surface area is 123 Å². The van der Waals surface area contributed by atoms with E-state index in [9.17, 15) is 12.8 Å². The number of unbranched alkanes of at least 4 members (excludes halogenated alkanes) is 1. The van der Waals surface area contributed by atoms with E-state index in [2.05, 4.69) is 4.98 Å². The third kappa shape index (κ3) is 2.60. The van der Waals surface area contributed by atoms with Crippen molar-refractivity contribution in [1.82, 2.24) is 4.98 Å². The van der Waals surface area contributed by atoms with Gasteiger partial charge in [-0.25, -0.2) is 17.8 Å². The maximum absolute atomic E-state index is 13.3. The zero-order valence-corrected chi connectivity index (χ0v) is 12.7. The molecule has 0 fully saturated rings. The molecule has 0 spiro atoms. The molecule has 1 aliphatic rings. The van der Waals surface area contributed by atoms with Gasteiger partial charge in [0.15, 0.2) is 0 Å². The number of rotatable bonds is 4.